The number of benzene rings is 1. The van der Waals surface area contributed by atoms with E-state index in [0.29, 0.717) is 26.1 Å². The summed E-state index contributed by atoms with van der Waals surface area (Å²) in [6, 6.07) is 7.61. The molecule has 0 saturated carbocycles. The van der Waals surface area contributed by atoms with Crippen molar-refractivity contribution < 1.29 is 19.7 Å². The molecular formula is C17H25NO4. The molecular weight excluding hydrogens is 282 g/mol. The van der Waals surface area contributed by atoms with Gasteiger partial charge in [0, 0.05) is 13.1 Å². The summed E-state index contributed by atoms with van der Waals surface area (Å²) in [4.78, 5) is 14.2. The molecule has 0 spiro atoms. The van der Waals surface area contributed by atoms with Gasteiger partial charge in [-0.15, -0.1) is 0 Å². The van der Waals surface area contributed by atoms with Gasteiger partial charge in [-0.1, -0.05) is 12.1 Å². The first-order chi connectivity index (χ1) is 10.6. The quantitative estimate of drug-likeness (QED) is 0.829. The van der Waals surface area contributed by atoms with Crippen LogP contribution < -0.4 is 4.74 Å². The van der Waals surface area contributed by atoms with Crippen molar-refractivity contribution in [1.29, 1.82) is 0 Å². The highest BCUT2D eigenvalue weighted by atomic mass is 16.5. The van der Waals surface area contributed by atoms with Gasteiger partial charge in [-0.05, 0) is 43.4 Å². The van der Waals surface area contributed by atoms with E-state index < -0.39 is 6.10 Å². The minimum atomic E-state index is -0.664. The van der Waals surface area contributed by atoms with E-state index in [2.05, 4.69) is 0 Å². The zero-order chi connectivity index (χ0) is 15.9. The molecule has 0 radical (unpaired) electrons. The average molecular weight is 307 g/mol. The number of hydrogen-bond donors (Lipinski definition) is 2. The van der Waals surface area contributed by atoms with Crippen molar-refractivity contribution >= 4 is 5.91 Å². The van der Waals surface area contributed by atoms with Crippen molar-refractivity contribution in [3.8, 4) is 5.75 Å². The first kappa shape index (κ1) is 16.8. The Morgan fingerprint density at radius 2 is 1.95 bits per heavy atom. The molecule has 2 N–H and O–H groups in total. The summed E-state index contributed by atoms with van der Waals surface area (Å²) in [6.45, 7) is 3.67. The number of aliphatic hydroxyl groups is 2. The van der Waals surface area contributed by atoms with Crippen LogP contribution in [0.3, 0.4) is 0 Å². The number of hydrogen-bond acceptors (Lipinski definition) is 4. The number of rotatable bonds is 6. The molecule has 1 amide bonds. The number of piperidine rings is 1. The lowest BCUT2D eigenvalue weighted by Crippen LogP contribution is -2.42. The molecule has 5 nitrogen and oxygen atoms in total. The number of likely N-dealkylation sites (tertiary alicyclic amines) is 1. The zero-order valence-electron chi connectivity index (χ0n) is 13.1. The lowest BCUT2D eigenvalue weighted by molar-refractivity contribution is -0.132. The van der Waals surface area contributed by atoms with Crippen LogP contribution in [0.1, 0.15) is 25.3 Å². The molecule has 1 saturated heterocycles. The molecule has 1 aliphatic rings. The van der Waals surface area contributed by atoms with Gasteiger partial charge in [0.1, 0.15) is 5.75 Å². The Kier molecular flexibility index (Phi) is 6.21. The summed E-state index contributed by atoms with van der Waals surface area (Å²) in [6.07, 6.45) is 1.22. The third kappa shape index (κ3) is 4.45. The Morgan fingerprint density at radius 1 is 1.32 bits per heavy atom. The second kappa shape index (κ2) is 8.15. The maximum absolute atomic E-state index is 12.3. The van der Waals surface area contributed by atoms with Crippen molar-refractivity contribution in [3.05, 3.63) is 29.8 Å². The predicted octanol–water partition coefficient (Wildman–Crippen LogP) is 1.22. The van der Waals surface area contributed by atoms with Gasteiger partial charge in [0.2, 0.25) is 5.91 Å². The summed E-state index contributed by atoms with van der Waals surface area (Å²) in [5.74, 6) is 1.03. The normalized spacial score (nSPS) is 17.3. The molecule has 122 valence electrons. The van der Waals surface area contributed by atoms with Gasteiger partial charge in [0.15, 0.2) is 0 Å². The van der Waals surface area contributed by atoms with Crippen molar-refractivity contribution in [2.45, 2.75) is 32.3 Å². The van der Waals surface area contributed by atoms with Crippen LogP contribution in [0.15, 0.2) is 24.3 Å². The van der Waals surface area contributed by atoms with Gasteiger partial charge in [0.25, 0.3) is 0 Å². The second-order valence-electron chi connectivity index (χ2n) is 5.72. The Labute approximate surface area is 131 Å². The van der Waals surface area contributed by atoms with E-state index in [1.807, 2.05) is 36.1 Å². The van der Waals surface area contributed by atoms with Crippen LogP contribution in [0, 0.1) is 5.92 Å². The first-order valence-corrected chi connectivity index (χ1v) is 7.92. The Balaban J connectivity index is 1.83. The fourth-order valence-corrected chi connectivity index (χ4v) is 2.84. The molecule has 22 heavy (non-hydrogen) atoms. The van der Waals surface area contributed by atoms with E-state index in [1.54, 1.807) is 0 Å². The van der Waals surface area contributed by atoms with Crippen LogP contribution in [-0.2, 0) is 11.2 Å². The number of aliphatic hydroxyl groups excluding tert-OH is 2. The van der Waals surface area contributed by atoms with Crippen molar-refractivity contribution in [1.82, 2.24) is 4.90 Å². The SMILES string of the molecule is CCOc1ccc(CC(=O)N2CCC(C(O)CO)CC2)cc1. The van der Waals surface area contributed by atoms with Crippen LogP contribution in [0.5, 0.6) is 5.75 Å². The minimum Gasteiger partial charge on any atom is -0.494 e. The van der Waals surface area contributed by atoms with E-state index >= 15 is 0 Å². The van der Waals surface area contributed by atoms with Gasteiger partial charge in [-0.3, -0.25) is 4.79 Å². The summed E-state index contributed by atoms with van der Waals surface area (Å²) < 4.78 is 5.39. The van der Waals surface area contributed by atoms with Crippen LogP contribution in [0.4, 0.5) is 0 Å². The standard InChI is InChI=1S/C17H25NO4/c1-2-22-15-5-3-13(4-6-15)11-17(21)18-9-7-14(8-10-18)16(20)12-19/h3-6,14,16,19-20H,2,7-12H2,1H3. The molecule has 1 atom stereocenters. The zero-order valence-corrected chi connectivity index (χ0v) is 13.1. The van der Waals surface area contributed by atoms with Crippen LogP contribution in [-0.4, -0.2) is 53.4 Å². The van der Waals surface area contributed by atoms with Crippen molar-refractivity contribution in [2.24, 2.45) is 5.92 Å². The van der Waals surface area contributed by atoms with Gasteiger partial charge < -0.3 is 19.8 Å². The average Bonchev–Trinajstić information content (AvgIpc) is 2.56. The van der Waals surface area contributed by atoms with Crippen LogP contribution >= 0.6 is 0 Å². The summed E-state index contributed by atoms with van der Waals surface area (Å²) in [7, 11) is 0. The van der Waals surface area contributed by atoms with Crippen molar-refractivity contribution in [3.63, 3.8) is 0 Å². The number of carbonyl (C=O) groups is 1. The summed E-state index contributed by atoms with van der Waals surface area (Å²) in [5.41, 5.74) is 0.978. The molecule has 1 aromatic carbocycles. The molecule has 1 unspecified atom stereocenters. The van der Waals surface area contributed by atoms with E-state index in [9.17, 15) is 9.90 Å². The fraction of sp³-hybridized carbons (Fsp3) is 0.588. The number of nitrogens with zero attached hydrogens (tertiary/aromatic N) is 1. The largest absolute Gasteiger partial charge is 0.494 e. The first-order valence-electron chi connectivity index (χ1n) is 7.92. The third-order valence-corrected chi connectivity index (χ3v) is 4.21. The number of ether oxygens (including phenoxy) is 1. The lowest BCUT2D eigenvalue weighted by atomic mass is 9.91. The van der Waals surface area contributed by atoms with Crippen LogP contribution in [0.2, 0.25) is 0 Å². The summed E-state index contributed by atoms with van der Waals surface area (Å²) in [5, 5.41) is 18.6. The van der Waals surface area contributed by atoms with Gasteiger partial charge in [0.05, 0.1) is 25.7 Å². The van der Waals surface area contributed by atoms with Crippen LogP contribution in [0.25, 0.3) is 0 Å². The topological polar surface area (TPSA) is 70.0 Å². The third-order valence-electron chi connectivity index (χ3n) is 4.21. The number of amides is 1. The molecule has 0 bridgehead atoms. The Bertz CT molecular complexity index is 466. The molecule has 0 aromatic heterocycles. The molecule has 5 heteroatoms. The van der Waals surface area contributed by atoms with Crippen molar-refractivity contribution in [2.75, 3.05) is 26.3 Å². The molecule has 1 heterocycles. The molecule has 0 aliphatic carbocycles. The smallest absolute Gasteiger partial charge is 0.226 e. The van der Waals surface area contributed by atoms with E-state index in [1.165, 1.54) is 0 Å². The monoisotopic (exact) mass is 307 g/mol. The van der Waals surface area contributed by atoms with Gasteiger partial charge in [-0.2, -0.15) is 0 Å². The fourth-order valence-electron chi connectivity index (χ4n) is 2.84. The summed E-state index contributed by atoms with van der Waals surface area (Å²) >= 11 is 0. The van der Waals surface area contributed by atoms with Gasteiger partial charge in [-0.25, -0.2) is 0 Å². The highest BCUT2D eigenvalue weighted by Gasteiger charge is 2.26. The molecule has 1 aromatic rings. The highest BCUT2D eigenvalue weighted by molar-refractivity contribution is 5.78. The highest BCUT2D eigenvalue weighted by Crippen LogP contribution is 2.21. The maximum atomic E-state index is 12.3. The molecule has 1 aliphatic heterocycles. The number of carbonyl (C=O) groups excluding carboxylic acids is 1. The van der Waals surface area contributed by atoms with Gasteiger partial charge >= 0.3 is 0 Å². The Hall–Kier alpha value is -1.59. The van der Waals surface area contributed by atoms with E-state index in [-0.39, 0.29) is 18.4 Å². The lowest BCUT2D eigenvalue weighted by Gasteiger charge is -2.33. The Morgan fingerprint density at radius 3 is 2.50 bits per heavy atom. The van der Waals surface area contributed by atoms with E-state index in [4.69, 9.17) is 9.84 Å². The second-order valence-corrected chi connectivity index (χ2v) is 5.72. The minimum absolute atomic E-state index is 0.0968. The molecule has 1 fully saturated rings. The molecule has 2 rings (SSSR count). The van der Waals surface area contributed by atoms with E-state index in [0.717, 1.165) is 24.2 Å². The predicted molar refractivity (Wildman–Crippen MR) is 83.7 cm³/mol. The maximum Gasteiger partial charge on any atom is 0.226 e.